The maximum absolute atomic E-state index is 12.8. The number of benzene rings is 1. The maximum Gasteiger partial charge on any atom is 0.228 e. The summed E-state index contributed by atoms with van der Waals surface area (Å²) in [6.45, 7) is 4.27. The van der Waals surface area contributed by atoms with Gasteiger partial charge in [0, 0.05) is 31.7 Å². The Morgan fingerprint density at radius 3 is 2.26 bits per heavy atom. The zero-order chi connectivity index (χ0) is 16.2. The van der Waals surface area contributed by atoms with Crippen molar-refractivity contribution in [3.63, 3.8) is 0 Å². The molecule has 4 nitrogen and oxygen atoms in total. The Labute approximate surface area is 138 Å². The van der Waals surface area contributed by atoms with Crippen molar-refractivity contribution in [2.24, 2.45) is 5.92 Å². The molecule has 2 fully saturated rings. The molecule has 0 saturated carbocycles. The second-order valence-electron chi connectivity index (χ2n) is 6.83. The van der Waals surface area contributed by atoms with Crippen LogP contribution in [0.3, 0.4) is 0 Å². The second kappa shape index (κ2) is 7.16. The van der Waals surface area contributed by atoms with Gasteiger partial charge in [-0.3, -0.25) is 9.59 Å². The number of anilines is 1. The van der Waals surface area contributed by atoms with Crippen molar-refractivity contribution in [3.8, 4) is 0 Å². The molecular weight excluding hydrogens is 288 g/mol. The predicted molar refractivity (Wildman–Crippen MR) is 91.3 cm³/mol. The summed E-state index contributed by atoms with van der Waals surface area (Å²) < 4.78 is 0. The fraction of sp³-hybridized carbons (Fsp3) is 0.579. The van der Waals surface area contributed by atoms with Gasteiger partial charge in [0.25, 0.3) is 0 Å². The minimum atomic E-state index is -0.178. The van der Waals surface area contributed by atoms with Crippen molar-refractivity contribution in [1.82, 2.24) is 4.90 Å². The van der Waals surface area contributed by atoms with Gasteiger partial charge in [0.2, 0.25) is 11.8 Å². The van der Waals surface area contributed by atoms with Crippen LogP contribution in [0.4, 0.5) is 5.69 Å². The number of carbonyl (C=O) groups is 2. The zero-order valence-corrected chi connectivity index (χ0v) is 14.0. The van der Waals surface area contributed by atoms with Crippen LogP contribution in [0.2, 0.25) is 0 Å². The highest BCUT2D eigenvalue weighted by Gasteiger charge is 2.37. The van der Waals surface area contributed by atoms with Crippen molar-refractivity contribution >= 4 is 17.5 Å². The number of nitrogens with zero attached hydrogens (tertiary/aromatic N) is 2. The van der Waals surface area contributed by atoms with E-state index in [4.69, 9.17) is 0 Å². The third-order valence-electron chi connectivity index (χ3n) is 4.99. The Morgan fingerprint density at radius 2 is 1.61 bits per heavy atom. The third kappa shape index (κ3) is 3.74. The normalized spacial score (nSPS) is 22.8. The zero-order valence-electron chi connectivity index (χ0n) is 14.0. The molecule has 4 heteroatoms. The largest absolute Gasteiger partial charge is 0.342 e. The highest BCUT2D eigenvalue weighted by molar-refractivity contribution is 6.00. The molecule has 2 saturated heterocycles. The van der Waals surface area contributed by atoms with Crippen LogP contribution in [0.15, 0.2) is 24.3 Å². The van der Waals surface area contributed by atoms with E-state index in [-0.39, 0.29) is 17.7 Å². The van der Waals surface area contributed by atoms with Crippen LogP contribution in [-0.2, 0) is 9.59 Å². The van der Waals surface area contributed by atoms with Crippen LogP contribution in [0.1, 0.15) is 44.1 Å². The van der Waals surface area contributed by atoms with Crippen molar-refractivity contribution in [3.05, 3.63) is 29.8 Å². The van der Waals surface area contributed by atoms with Crippen LogP contribution in [0, 0.1) is 12.8 Å². The number of hydrogen-bond acceptors (Lipinski definition) is 2. The molecule has 0 spiro atoms. The number of amides is 2. The van der Waals surface area contributed by atoms with E-state index in [2.05, 4.69) is 0 Å². The number of hydrogen-bond donors (Lipinski definition) is 0. The molecule has 3 rings (SSSR count). The van der Waals surface area contributed by atoms with E-state index in [1.807, 2.05) is 36.1 Å². The lowest BCUT2D eigenvalue weighted by Crippen LogP contribution is -2.39. The Hall–Kier alpha value is -1.84. The van der Waals surface area contributed by atoms with Crippen LogP contribution in [0.5, 0.6) is 0 Å². The SMILES string of the molecule is Cc1ccc(N2CC(C(=O)N3CCCCCCC3)CC2=O)cc1. The van der Waals surface area contributed by atoms with Crippen LogP contribution in [-0.4, -0.2) is 36.3 Å². The van der Waals surface area contributed by atoms with Crippen molar-refractivity contribution in [2.45, 2.75) is 45.4 Å². The standard InChI is InChI=1S/C19H26N2O2/c1-15-7-9-17(10-8-15)21-14-16(13-18(21)22)19(23)20-11-5-3-2-4-6-12-20/h7-10,16H,2-6,11-14H2,1H3. The van der Waals surface area contributed by atoms with Crippen molar-refractivity contribution in [2.75, 3.05) is 24.5 Å². The van der Waals surface area contributed by atoms with E-state index in [0.29, 0.717) is 13.0 Å². The number of rotatable bonds is 2. The van der Waals surface area contributed by atoms with Gasteiger partial charge in [-0.05, 0) is 31.9 Å². The van der Waals surface area contributed by atoms with Gasteiger partial charge in [-0.2, -0.15) is 0 Å². The Kier molecular flexibility index (Phi) is 4.99. The first-order valence-electron chi connectivity index (χ1n) is 8.81. The first-order valence-corrected chi connectivity index (χ1v) is 8.81. The van der Waals surface area contributed by atoms with E-state index >= 15 is 0 Å². The summed E-state index contributed by atoms with van der Waals surface area (Å²) in [6.07, 6.45) is 6.24. The molecule has 0 N–H and O–H groups in total. The summed E-state index contributed by atoms with van der Waals surface area (Å²) in [6, 6.07) is 7.96. The topological polar surface area (TPSA) is 40.6 Å². The highest BCUT2D eigenvalue weighted by atomic mass is 16.2. The van der Waals surface area contributed by atoms with Gasteiger partial charge in [0.15, 0.2) is 0 Å². The maximum atomic E-state index is 12.8. The summed E-state index contributed by atoms with van der Waals surface area (Å²) in [5, 5.41) is 0. The van der Waals surface area contributed by atoms with E-state index in [0.717, 1.165) is 31.6 Å². The first kappa shape index (κ1) is 16.0. The highest BCUT2D eigenvalue weighted by Crippen LogP contribution is 2.27. The van der Waals surface area contributed by atoms with Gasteiger partial charge >= 0.3 is 0 Å². The molecule has 0 aliphatic carbocycles. The summed E-state index contributed by atoms with van der Waals surface area (Å²) in [5.41, 5.74) is 2.08. The molecule has 1 aromatic rings. The Bertz CT molecular complexity index is 559. The number of aryl methyl sites for hydroxylation is 1. The Morgan fingerprint density at radius 1 is 1.00 bits per heavy atom. The number of carbonyl (C=O) groups excluding carboxylic acids is 2. The molecule has 1 aromatic carbocycles. The average Bonchev–Trinajstić information content (AvgIpc) is 2.89. The minimum Gasteiger partial charge on any atom is -0.342 e. The summed E-state index contributed by atoms with van der Waals surface area (Å²) in [7, 11) is 0. The number of likely N-dealkylation sites (tertiary alicyclic amines) is 1. The van der Waals surface area contributed by atoms with Gasteiger partial charge in [0.05, 0.1) is 5.92 Å². The molecule has 124 valence electrons. The lowest BCUT2D eigenvalue weighted by Gasteiger charge is -2.27. The van der Waals surface area contributed by atoms with Crippen LogP contribution < -0.4 is 4.90 Å². The van der Waals surface area contributed by atoms with Crippen LogP contribution in [0.25, 0.3) is 0 Å². The van der Waals surface area contributed by atoms with Gasteiger partial charge in [-0.25, -0.2) is 0 Å². The molecular formula is C19H26N2O2. The van der Waals surface area contributed by atoms with Crippen LogP contribution >= 0.6 is 0 Å². The quantitative estimate of drug-likeness (QED) is 0.841. The summed E-state index contributed by atoms with van der Waals surface area (Å²) in [5.74, 6) is 0.0670. The molecule has 2 aliphatic rings. The summed E-state index contributed by atoms with van der Waals surface area (Å²) >= 11 is 0. The lowest BCUT2D eigenvalue weighted by atomic mass is 10.0. The lowest BCUT2D eigenvalue weighted by molar-refractivity contribution is -0.136. The molecule has 0 bridgehead atoms. The van der Waals surface area contributed by atoms with Gasteiger partial charge in [-0.15, -0.1) is 0 Å². The molecule has 23 heavy (non-hydrogen) atoms. The van der Waals surface area contributed by atoms with Gasteiger partial charge < -0.3 is 9.80 Å². The molecule has 0 aromatic heterocycles. The predicted octanol–water partition coefficient (Wildman–Crippen LogP) is 3.14. The molecule has 1 atom stereocenters. The van der Waals surface area contributed by atoms with Crippen molar-refractivity contribution in [1.29, 1.82) is 0 Å². The Balaban J connectivity index is 1.66. The first-order chi connectivity index (χ1) is 11.1. The van der Waals surface area contributed by atoms with E-state index in [9.17, 15) is 9.59 Å². The van der Waals surface area contributed by atoms with E-state index in [1.165, 1.54) is 24.8 Å². The fourth-order valence-electron chi connectivity index (χ4n) is 3.57. The van der Waals surface area contributed by atoms with Gasteiger partial charge in [0.1, 0.15) is 0 Å². The average molecular weight is 314 g/mol. The molecule has 2 aliphatic heterocycles. The van der Waals surface area contributed by atoms with E-state index < -0.39 is 0 Å². The van der Waals surface area contributed by atoms with E-state index in [1.54, 1.807) is 4.90 Å². The van der Waals surface area contributed by atoms with Gasteiger partial charge in [-0.1, -0.05) is 37.0 Å². The molecule has 0 radical (unpaired) electrons. The minimum absolute atomic E-state index is 0.0687. The smallest absolute Gasteiger partial charge is 0.228 e. The summed E-state index contributed by atoms with van der Waals surface area (Å²) in [4.78, 5) is 28.9. The second-order valence-corrected chi connectivity index (χ2v) is 6.83. The third-order valence-corrected chi connectivity index (χ3v) is 4.99. The fourth-order valence-corrected chi connectivity index (χ4v) is 3.57. The molecule has 2 heterocycles. The molecule has 1 unspecified atom stereocenters. The molecule has 2 amide bonds. The monoisotopic (exact) mass is 314 g/mol. The van der Waals surface area contributed by atoms with Crippen molar-refractivity contribution < 1.29 is 9.59 Å².